The minimum Gasteiger partial charge on any atom is -0.326 e. The average Bonchev–Trinajstić information content (AvgIpc) is 3.01. The van der Waals surface area contributed by atoms with E-state index in [0.29, 0.717) is 12.1 Å². The average molecular weight is 330 g/mol. The van der Waals surface area contributed by atoms with Crippen LogP contribution in [0.4, 0.5) is 16.2 Å². The Kier molecular flexibility index (Phi) is 4.04. The number of hydrogen-bond donors (Lipinski definition) is 3. The van der Waals surface area contributed by atoms with Gasteiger partial charge in [-0.2, -0.15) is 0 Å². The van der Waals surface area contributed by atoms with Gasteiger partial charge in [-0.25, -0.2) is 9.78 Å². The molecule has 1 aromatic heterocycles. The van der Waals surface area contributed by atoms with E-state index in [4.69, 9.17) is 0 Å². The van der Waals surface area contributed by atoms with Gasteiger partial charge in [-0.05, 0) is 38.0 Å². The predicted molar refractivity (Wildman–Crippen MR) is 90.7 cm³/mol. The summed E-state index contributed by atoms with van der Waals surface area (Å²) in [6.45, 7) is 3.80. The minimum atomic E-state index is -0.555. The van der Waals surface area contributed by atoms with Crippen LogP contribution in [0.3, 0.4) is 0 Å². The molecule has 3 N–H and O–H groups in total. The number of benzene rings is 1. The summed E-state index contributed by atoms with van der Waals surface area (Å²) in [5.74, 6) is 0.00371. The summed E-state index contributed by atoms with van der Waals surface area (Å²) in [6, 6.07) is 5.23. The molecule has 1 aromatic carbocycles. The maximum Gasteiger partial charge on any atom is 0.319 e. The van der Waals surface area contributed by atoms with E-state index in [1.807, 2.05) is 31.4 Å². The highest BCUT2D eigenvalue weighted by Gasteiger charge is 2.25. The Bertz CT molecular complexity index is 741. The molecule has 3 rings (SSSR count). The molecule has 2 heterocycles. The highest BCUT2D eigenvalue weighted by molar-refractivity contribution is 7.09. The number of hydrogen-bond acceptors (Lipinski definition) is 4. The number of thiazole rings is 1. The quantitative estimate of drug-likeness (QED) is 0.809. The molecular formula is C16H18N4O2S. The Labute approximate surface area is 138 Å². The number of rotatable bonds is 3. The van der Waals surface area contributed by atoms with E-state index in [1.165, 1.54) is 11.3 Å². The predicted octanol–water partition coefficient (Wildman–Crippen LogP) is 3.08. The van der Waals surface area contributed by atoms with Crippen molar-refractivity contribution in [2.24, 2.45) is 0 Å². The lowest BCUT2D eigenvalue weighted by Gasteiger charge is -2.24. The fraction of sp³-hybridized carbons (Fsp3) is 0.312. The Balaban J connectivity index is 1.69. The van der Waals surface area contributed by atoms with Gasteiger partial charge in [0.2, 0.25) is 5.91 Å². The lowest BCUT2D eigenvalue weighted by molar-refractivity contribution is -0.116. The fourth-order valence-corrected chi connectivity index (χ4v) is 3.20. The number of nitrogens with zero attached hydrogens (tertiary/aromatic N) is 1. The zero-order valence-corrected chi connectivity index (χ0v) is 13.8. The number of nitrogens with one attached hydrogen (secondary N) is 3. The van der Waals surface area contributed by atoms with Gasteiger partial charge < -0.3 is 16.0 Å². The molecule has 6 nitrogen and oxygen atoms in total. The molecule has 0 radical (unpaired) electrons. The summed E-state index contributed by atoms with van der Waals surface area (Å²) in [5, 5.41) is 11.2. The van der Waals surface area contributed by atoms with Crippen molar-refractivity contribution < 1.29 is 9.59 Å². The number of anilines is 2. The zero-order chi connectivity index (χ0) is 16.4. The highest BCUT2D eigenvalue weighted by atomic mass is 32.1. The van der Waals surface area contributed by atoms with Crippen LogP contribution in [0.15, 0.2) is 29.8 Å². The van der Waals surface area contributed by atoms with Crippen LogP contribution in [0.25, 0.3) is 0 Å². The monoisotopic (exact) mass is 330 g/mol. The van der Waals surface area contributed by atoms with E-state index < -0.39 is 5.54 Å². The standard InChI is InChI=1S/C16H18N4O2S/c1-16(2,14-17-7-8-23-14)20-15(22)18-11-5-3-10-4-6-13(21)19-12(10)9-11/h3,5,7-9H,4,6H2,1-2H3,(H,19,21)(H2,18,20,22). The first kappa shape index (κ1) is 15.5. The van der Waals surface area contributed by atoms with Crippen LogP contribution in [-0.2, 0) is 16.8 Å². The number of aromatic nitrogens is 1. The number of urea groups is 1. The summed E-state index contributed by atoms with van der Waals surface area (Å²) in [6.07, 6.45) is 2.94. The number of aryl methyl sites for hydroxylation is 1. The Hall–Kier alpha value is -2.41. The first-order valence-electron chi connectivity index (χ1n) is 7.36. The van der Waals surface area contributed by atoms with E-state index in [2.05, 4.69) is 20.9 Å². The maximum atomic E-state index is 12.2. The third-order valence-electron chi connectivity index (χ3n) is 3.66. The maximum absolute atomic E-state index is 12.2. The van der Waals surface area contributed by atoms with E-state index >= 15 is 0 Å². The SMILES string of the molecule is CC(C)(NC(=O)Nc1ccc2c(c1)NC(=O)CC2)c1nccs1. The Morgan fingerprint density at radius 1 is 1.35 bits per heavy atom. The van der Waals surface area contributed by atoms with Crippen molar-refractivity contribution in [3.8, 4) is 0 Å². The van der Waals surface area contributed by atoms with E-state index in [0.717, 1.165) is 22.7 Å². The van der Waals surface area contributed by atoms with Crippen molar-refractivity contribution in [3.63, 3.8) is 0 Å². The van der Waals surface area contributed by atoms with Crippen LogP contribution in [0.2, 0.25) is 0 Å². The molecule has 0 atom stereocenters. The Morgan fingerprint density at radius 2 is 2.17 bits per heavy atom. The molecule has 0 bridgehead atoms. The molecule has 0 fully saturated rings. The molecule has 0 unspecified atom stereocenters. The largest absolute Gasteiger partial charge is 0.326 e. The van der Waals surface area contributed by atoms with Crippen molar-refractivity contribution in [1.29, 1.82) is 0 Å². The number of carbonyl (C=O) groups excluding carboxylic acids is 2. The third kappa shape index (κ3) is 3.50. The van der Waals surface area contributed by atoms with Gasteiger partial charge in [0.05, 0.1) is 5.54 Å². The smallest absolute Gasteiger partial charge is 0.319 e. The normalized spacial score (nSPS) is 13.9. The number of fused-ring (bicyclic) bond motifs is 1. The molecule has 0 saturated carbocycles. The van der Waals surface area contributed by atoms with Crippen molar-refractivity contribution in [1.82, 2.24) is 10.3 Å². The van der Waals surface area contributed by atoms with Gasteiger partial charge in [0.1, 0.15) is 5.01 Å². The molecule has 23 heavy (non-hydrogen) atoms. The summed E-state index contributed by atoms with van der Waals surface area (Å²) in [5.41, 5.74) is 1.93. The van der Waals surface area contributed by atoms with E-state index in [1.54, 1.807) is 12.3 Å². The molecule has 0 saturated heterocycles. The van der Waals surface area contributed by atoms with Gasteiger partial charge in [-0.15, -0.1) is 11.3 Å². The zero-order valence-electron chi connectivity index (χ0n) is 13.0. The second-order valence-corrected chi connectivity index (χ2v) is 6.86. The topological polar surface area (TPSA) is 83.1 Å². The van der Waals surface area contributed by atoms with Crippen LogP contribution in [0.1, 0.15) is 30.8 Å². The third-order valence-corrected chi connectivity index (χ3v) is 4.75. The molecule has 0 aliphatic carbocycles. The summed E-state index contributed by atoms with van der Waals surface area (Å²) in [7, 11) is 0. The van der Waals surface area contributed by atoms with Crippen molar-refractivity contribution in [3.05, 3.63) is 40.3 Å². The van der Waals surface area contributed by atoms with Crippen molar-refractivity contribution in [2.45, 2.75) is 32.2 Å². The molecule has 120 valence electrons. The molecule has 3 amide bonds. The minimum absolute atomic E-state index is 0.00371. The summed E-state index contributed by atoms with van der Waals surface area (Å²) >= 11 is 1.50. The summed E-state index contributed by atoms with van der Waals surface area (Å²) in [4.78, 5) is 27.9. The molecule has 1 aliphatic heterocycles. The molecule has 0 spiro atoms. The van der Waals surface area contributed by atoms with Gasteiger partial charge in [0, 0.05) is 29.4 Å². The van der Waals surface area contributed by atoms with Gasteiger partial charge in [-0.3, -0.25) is 4.79 Å². The molecule has 1 aliphatic rings. The fourth-order valence-electron chi connectivity index (χ4n) is 2.48. The lowest BCUT2D eigenvalue weighted by atomic mass is 10.0. The first-order chi connectivity index (χ1) is 10.9. The molecule has 7 heteroatoms. The molecule has 2 aromatic rings. The van der Waals surface area contributed by atoms with Gasteiger partial charge >= 0.3 is 6.03 Å². The molecular weight excluding hydrogens is 312 g/mol. The van der Waals surface area contributed by atoms with E-state index in [9.17, 15) is 9.59 Å². The van der Waals surface area contributed by atoms with Crippen molar-refractivity contribution >= 4 is 34.6 Å². The van der Waals surface area contributed by atoms with Gasteiger partial charge in [-0.1, -0.05) is 6.07 Å². The number of amides is 3. The van der Waals surface area contributed by atoms with E-state index in [-0.39, 0.29) is 11.9 Å². The van der Waals surface area contributed by atoms with Gasteiger partial charge in [0.25, 0.3) is 0 Å². The van der Waals surface area contributed by atoms with Crippen LogP contribution < -0.4 is 16.0 Å². The summed E-state index contributed by atoms with van der Waals surface area (Å²) < 4.78 is 0. The Morgan fingerprint density at radius 3 is 2.91 bits per heavy atom. The van der Waals surface area contributed by atoms with Crippen LogP contribution >= 0.6 is 11.3 Å². The lowest BCUT2D eigenvalue weighted by Crippen LogP contribution is -2.43. The van der Waals surface area contributed by atoms with Gasteiger partial charge in [0.15, 0.2) is 0 Å². The van der Waals surface area contributed by atoms with Crippen LogP contribution in [0.5, 0.6) is 0 Å². The van der Waals surface area contributed by atoms with Crippen molar-refractivity contribution in [2.75, 3.05) is 10.6 Å². The second kappa shape index (κ2) is 6.00. The first-order valence-corrected chi connectivity index (χ1v) is 8.24. The van der Waals surface area contributed by atoms with Crippen LogP contribution in [-0.4, -0.2) is 16.9 Å². The second-order valence-electron chi connectivity index (χ2n) is 5.96. The number of carbonyl (C=O) groups is 2. The highest BCUT2D eigenvalue weighted by Crippen LogP contribution is 2.26. The van der Waals surface area contributed by atoms with Crippen LogP contribution in [0, 0.1) is 0 Å².